The smallest absolute Gasteiger partial charge is 0.223 e. The maximum atomic E-state index is 4.51. The van der Waals surface area contributed by atoms with Crippen molar-refractivity contribution in [3.63, 3.8) is 0 Å². The molecule has 0 amide bonds. The van der Waals surface area contributed by atoms with Crippen molar-refractivity contribution in [1.82, 2.24) is 15.0 Å². The molecule has 1 N–H and O–H groups in total. The fourth-order valence-electron chi connectivity index (χ4n) is 1.65. The molecule has 4 nitrogen and oxygen atoms in total. The second-order valence-corrected chi connectivity index (χ2v) is 4.33. The molecule has 0 spiro atoms. The highest BCUT2D eigenvalue weighted by atomic mass is 15.1. The van der Waals surface area contributed by atoms with E-state index in [-0.39, 0.29) is 0 Å². The first kappa shape index (κ1) is 12.5. The summed E-state index contributed by atoms with van der Waals surface area (Å²) in [6.07, 6.45) is 2.90. The zero-order valence-electron chi connectivity index (χ0n) is 11.1. The molecule has 0 bridgehead atoms. The summed E-state index contributed by atoms with van der Waals surface area (Å²) in [6, 6.07) is 6.00. The summed E-state index contributed by atoms with van der Waals surface area (Å²) in [5.74, 6) is 0.687. The van der Waals surface area contributed by atoms with Gasteiger partial charge in [-0.2, -0.15) is 0 Å². The van der Waals surface area contributed by atoms with E-state index in [9.17, 15) is 0 Å². The summed E-state index contributed by atoms with van der Waals surface area (Å²) < 4.78 is 0. The summed E-state index contributed by atoms with van der Waals surface area (Å²) in [4.78, 5) is 13.2. The van der Waals surface area contributed by atoms with Gasteiger partial charge in [-0.15, -0.1) is 0 Å². The van der Waals surface area contributed by atoms with Gasteiger partial charge < -0.3 is 5.32 Å². The number of anilines is 1. The minimum absolute atomic E-state index is 0.687. The van der Waals surface area contributed by atoms with E-state index >= 15 is 0 Å². The fourth-order valence-corrected chi connectivity index (χ4v) is 1.65. The number of aryl methyl sites for hydroxylation is 2. The molecule has 0 radical (unpaired) electrons. The first-order chi connectivity index (χ1) is 8.69. The molecule has 18 heavy (non-hydrogen) atoms. The molecule has 0 saturated heterocycles. The molecule has 0 aliphatic heterocycles. The van der Waals surface area contributed by atoms with Crippen LogP contribution in [0.5, 0.6) is 0 Å². The number of hydrogen-bond acceptors (Lipinski definition) is 4. The van der Waals surface area contributed by atoms with E-state index in [0.29, 0.717) is 5.95 Å². The molecule has 0 aliphatic rings. The monoisotopic (exact) mass is 242 g/mol. The van der Waals surface area contributed by atoms with Crippen molar-refractivity contribution < 1.29 is 0 Å². The van der Waals surface area contributed by atoms with Gasteiger partial charge in [0.2, 0.25) is 5.95 Å². The van der Waals surface area contributed by atoms with Crippen LogP contribution in [-0.2, 0) is 0 Å². The van der Waals surface area contributed by atoms with Crippen LogP contribution >= 0.6 is 0 Å². The van der Waals surface area contributed by atoms with E-state index in [1.807, 2.05) is 38.2 Å². The van der Waals surface area contributed by atoms with Crippen molar-refractivity contribution in [3.05, 3.63) is 35.8 Å². The first-order valence-corrected chi connectivity index (χ1v) is 6.21. The lowest BCUT2D eigenvalue weighted by Gasteiger charge is -2.07. The largest absolute Gasteiger partial charge is 0.354 e. The summed E-state index contributed by atoms with van der Waals surface area (Å²) in [6.45, 7) is 6.95. The topological polar surface area (TPSA) is 50.7 Å². The Morgan fingerprint density at radius 1 is 1.11 bits per heavy atom. The zero-order chi connectivity index (χ0) is 13.0. The summed E-state index contributed by atoms with van der Waals surface area (Å²) >= 11 is 0. The molecule has 2 aromatic heterocycles. The highest BCUT2D eigenvalue weighted by Gasteiger charge is 2.04. The Balaban J connectivity index is 2.32. The molecule has 2 heterocycles. The van der Waals surface area contributed by atoms with E-state index in [4.69, 9.17) is 0 Å². The van der Waals surface area contributed by atoms with Crippen molar-refractivity contribution in [2.24, 2.45) is 0 Å². The SMILES string of the molecule is CCCNc1nc(C)cc(-c2ccc(C)nc2)n1. The molecular weight excluding hydrogens is 224 g/mol. The molecule has 0 fully saturated rings. The van der Waals surface area contributed by atoms with Gasteiger partial charge in [-0.05, 0) is 38.5 Å². The van der Waals surface area contributed by atoms with Crippen LogP contribution in [0.2, 0.25) is 0 Å². The second kappa shape index (κ2) is 5.58. The Bertz CT molecular complexity index is 520. The van der Waals surface area contributed by atoms with Gasteiger partial charge in [0, 0.05) is 29.7 Å². The number of nitrogens with zero attached hydrogens (tertiary/aromatic N) is 3. The number of aromatic nitrogens is 3. The van der Waals surface area contributed by atoms with Gasteiger partial charge in [-0.3, -0.25) is 4.98 Å². The second-order valence-electron chi connectivity index (χ2n) is 4.33. The number of pyridine rings is 1. The molecular formula is C14H18N4. The predicted octanol–water partition coefficient (Wildman–Crippen LogP) is 2.98. The molecule has 2 aromatic rings. The van der Waals surface area contributed by atoms with Crippen molar-refractivity contribution in [2.45, 2.75) is 27.2 Å². The maximum Gasteiger partial charge on any atom is 0.223 e. The Hall–Kier alpha value is -1.97. The first-order valence-electron chi connectivity index (χ1n) is 6.21. The van der Waals surface area contributed by atoms with Crippen LogP contribution in [0.15, 0.2) is 24.4 Å². The summed E-state index contributed by atoms with van der Waals surface area (Å²) in [7, 11) is 0. The molecule has 94 valence electrons. The zero-order valence-corrected chi connectivity index (χ0v) is 11.1. The Kier molecular flexibility index (Phi) is 3.87. The lowest BCUT2D eigenvalue weighted by atomic mass is 10.2. The molecule has 0 saturated carbocycles. The molecule has 0 aromatic carbocycles. The maximum absolute atomic E-state index is 4.51. The van der Waals surface area contributed by atoms with Crippen LogP contribution in [0.1, 0.15) is 24.7 Å². The highest BCUT2D eigenvalue weighted by Crippen LogP contribution is 2.18. The summed E-state index contributed by atoms with van der Waals surface area (Å²) in [5, 5.41) is 3.21. The van der Waals surface area contributed by atoms with E-state index in [1.54, 1.807) is 0 Å². The predicted molar refractivity (Wildman–Crippen MR) is 73.5 cm³/mol. The van der Waals surface area contributed by atoms with Crippen LogP contribution < -0.4 is 5.32 Å². The van der Waals surface area contributed by atoms with Gasteiger partial charge in [0.1, 0.15) is 0 Å². The number of hydrogen-bond donors (Lipinski definition) is 1. The Morgan fingerprint density at radius 2 is 1.94 bits per heavy atom. The third kappa shape index (κ3) is 3.03. The van der Waals surface area contributed by atoms with Crippen LogP contribution in [0, 0.1) is 13.8 Å². The minimum atomic E-state index is 0.687. The van der Waals surface area contributed by atoms with E-state index in [0.717, 1.165) is 35.6 Å². The van der Waals surface area contributed by atoms with Gasteiger partial charge in [-0.25, -0.2) is 9.97 Å². The molecule has 0 unspecified atom stereocenters. The third-order valence-electron chi connectivity index (χ3n) is 2.59. The van der Waals surface area contributed by atoms with Gasteiger partial charge in [0.15, 0.2) is 0 Å². The minimum Gasteiger partial charge on any atom is -0.354 e. The normalized spacial score (nSPS) is 10.4. The van der Waals surface area contributed by atoms with Crippen molar-refractivity contribution in [1.29, 1.82) is 0 Å². The van der Waals surface area contributed by atoms with Gasteiger partial charge in [0.25, 0.3) is 0 Å². The van der Waals surface area contributed by atoms with Crippen LogP contribution in [0.3, 0.4) is 0 Å². The van der Waals surface area contributed by atoms with Gasteiger partial charge in [-0.1, -0.05) is 6.92 Å². The highest BCUT2D eigenvalue weighted by molar-refractivity contribution is 5.59. The third-order valence-corrected chi connectivity index (χ3v) is 2.59. The average Bonchev–Trinajstić information content (AvgIpc) is 2.36. The average molecular weight is 242 g/mol. The van der Waals surface area contributed by atoms with Crippen LogP contribution in [0.4, 0.5) is 5.95 Å². The standard InChI is InChI=1S/C14H18N4/c1-4-7-15-14-17-11(3)8-13(18-14)12-6-5-10(2)16-9-12/h5-6,8-9H,4,7H2,1-3H3,(H,15,17,18). The van der Waals surface area contributed by atoms with E-state index in [2.05, 4.69) is 27.2 Å². The molecule has 2 rings (SSSR count). The van der Waals surface area contributed by atoms with Crippen LogP contribution in [-0.4, -0.2) is 21.5 Å². The van der Waals surface area contributed by atoms with Crippen molar-refractivity contribution in [3.8, 4) is 11.3 Å². The molecule has 0 aliphatic carbocycles. The number of nitrogens with one attached hydrogen (secondary N) is 1. The number of rotatable bonds is 4. The molecule has 0 atom stereocenters. The fraction of sp³-hybridized carbons (Fsp3) is 0.357. The molecule has 4 heteroatoms. The van der Waals surface area contributed by atoms with Gasteiger partial charge in [0.05, 0.1) is 5.69 Å². The van der Waals surface area contributed by atoms with E-state index in [1.165, 1.54) is 0 Å². The Morgan fingerprint density at radius 3 is 2.61 bits per heavy atom. The Labute approximate surface area is 108 Å². The van der Waals surface area contributed by atoms with Crippen molar-refractivity contribution in [2.75, 3.05) is 11.9 Å². The quantitative estimate of drug-likeness (QED) is 0.895. The van der Waals surface area contributed by atoms with Gasteiger partial charge >= 0.3 is 0 Å². The van der Waals surface area contributed by atoms with Crippen LogP contribution in [0.25, 0.3) is 11.3 Å². The van der Waals surface area contributed by atoms with Crippen molar-refractivity contribution >= 4 is 5.95 Å². The lowest BCUT2D eigenvalue weighted by Crippen LogP contribution is -2.05. The lowest BCUT2D eigenvalue weighted by molar-refractivity contribution is 0.947. The summed E-state index contributed by atoms with van der Waals surface area (Å²) in [5.41, 5.74) is 3.90. The van der Waals surface area contributed by atoms with E-state index < -0.39 is 0 Å².